The summed E-state index contributed by atoms with van der Waals surface area (Å²) in [6.07, 6.45) is 3.65. The molecule has 6 rings (SSSR count). The number of benzene rings is 2. The highest BCUT2D eigenvalue weighted by Crippen LogP contribution is 2.43. The number of anilines is 1. The van der Waals surface area contributed by atoms with Gasteiger partial charge >= 0.3 is 5.69 Å². The van der Waals surface area contributed by atoms with Crippen LogP contribution in [0.3, 0.4) is 0 Å². The minimum Gasteiger partial charge on any atom is -0.492 e. The lowest BCUT2D eigenvalue weighted by atomic mass is 9.95. The second-order valence-electron chi connectivity index (χ2n) is 11.3. The normalized spacial score (nSPS) is 16.6. The summed E-state index contributed by atoms with van der Waals surface area (Å²) < 4.78 is 24.8. The molecule has 2 aliphatic heterocycles. The van der Waals surface area contributed by atoms with Gasteiger partial charge in [-0.3, -0.25) is 14.3 Å². The first-order valence-electron chi connectivity index (χ1n) is 14.4. The number of aryl methyl sites for hydroxylation is 1. The van der Waals surface area contributed by atoms with E-state index in [2.05, 4.69) is 16.5 Å². The van der Waals surface area contributed by atoms with E-state index in [9.17, 15) is 9.59 Å². The number of carbonyl (C=O) groups excluding carboxylic acids is 1. The highest BCUT2D eigenvalue weighted by Gasteiger charge is 2.32. The molecule has 42 heavy (non-hydrogen) atoms. The topological polar surface area (TPSA) is 80.6 Å². The number of carbonyl (C=O) groups is 1. The van der Waals surface area contributed by atoms with Gasteiger partial charge in [-0.25, -0.2) is 9.18 Å². The second-order valence-corrected chi connectivity index (χ2v) is 11.3. The smallest absolute Gasteiger partial charge is 0.354 e. The summed E-state index contributed by atoms with van der Waals surface area (Å²) in [5.41, 5.74) is 3.63. The van der Waals surface area contributed by atoms with Crippen LogP contribution >= 0.6 is 0 Å². The van der Waals surface area contributed by atoms with E-state index >= 15 is 4.39 Å². The van der Waals surface area contributed by atoms with Crippen LogP contribution in [0.4, 0.5) is 10.2 Å². The van der Waals surface area contributed by atoms with Crippen LogP contribution in [0.2, 0.25) is 0 Å². The Hall–Kier alpha value is -4.53. The predicted molar refractivity (Wildman–Crippen MR) is 162 cm³/mol. The van der Waals surface area contributed by atoms with Crippen molar-refractivity contribution >= 4 is 22.6 Å². The standard InChI is InChI=1S/C33H34FN5O3/c1-6-26(40)37-14-15-38(21(5)18-37)32-24-17-25-27(23-10-8-7-9-22(23)12-16-42-25)28(34)31(24)39(33(41)36-32)30-20(4)11-13-35-29(30)19(2)3/h6-11,13,17,19,21H,1,12,14-16,18H2,2-5H3/t21-/m0/s1. The van der Waals surface area contributed by atoms with E-state index in [4.69, 9.17) is 4.74 Å². The number of hydrogen-bond acceptors (Lipinski definition) is 6. The predicted octanol–water partition coefficient (Wildman–Crippen LogP) is 5.18. The van der Waals surface area contributed by atoms with Crippen LogP contribution in [0.15, 0.2) is 60.0 Å². The molecule has 216 valence electrons. The summed E-state index contributed by atoms with van der Waals surface area (Å²) in [7, 11) is 0. The van der Waals surface area contributed by atoms with Crippen molar-refractivity contribution in [2.24, 2.45) is 0 Å². The largest absolute Gasteiger partial charge is 0.492 e. The van der Waals surface area contributed by atoms with Gasteiger partial charge < -0.3 is 14.5 Å². The molecule has 0 unspecified atom stereocenters. The van der Waals surface area contributed by atoms with Gasteiger partial charge in [0, 0.05) is 43.7 Å². The highest BCUT2D eigenvalue weighted by atomic mass is 19.1. The summed E-state index contributed by atoms with van der Waals surface area (Å²) >= 11 is 0. The van der Waals surface area contributed by atoms with Crippen molar-refractivity contribution in [3.05, 3.63) is 88.4 Å². The van der Waals surface area contributed by atoms with Gasteiger partial charge in [0.25, 0.3) is 0 Å². The molecule has 0 aliphatic carbocycles. The molecule has 1 saturated heterocycles. The zero-order valence-corrected chi connectivity index (χ0v) is 24.4. The van der Waals surface area contributed by atoms with Gasteiger partial charge in [-0.05, 0) is 54.7 Å². The number of piperazine rings is 1. The summed E-state index contributed by atoms with van der Waals surface area (Å²) in [6.45, 7) is 13.1. The summed E-state index contributed by atoms with van der Waals surface area (Å²) in [5, 5.41) is 0.471. The highest BCUT2D eigenvalue weighted by molar-refractivity contribution is 5.98. The van der Waals surface area contributed by atoms with Crippen LogP contribution < -0.4 is 15.3 Å². The van der Waals surface area contributed by atoms with Gasteiger partial charge in [0.2, 0.25) is 5.91 Å². The van der Waals surface area contributed by atoms with Gasteiger partial charge in [0.15, 0.2) is 5.82 Å². The Kier molecular flexibility index (Phi) is 7.04. The van der Waals surface area contributed by atoms with Crippen LogP contribution in [0, 0.1) is 12.7 Å². The van der Waals surface area contributed by atoms with E-state index in [1.165, 1.54) is 10.6 Å². The molecular weight excluding hydrogens is 533 g/mol. The van der Waals surface area contributed by atoms with Crippen molar-refractivity contribution < 1.29 is 13.9 Å². The maximum Gasteiger partial charge on any atom is 0.354 e. The van der Waals surface area contributed by atoms with Gasteiger partial charge in [-0.15, -0.1) is 0 Å². The Balaban J connectivity index is 1.69. The van der Waals surface area contributed by atoms with Crippen LogP contribution in [0.25, 0.3) is 27.7 Å². The summed E-state index contributed by atoms with van der Waals surface area (Å²) in [6, 6.07) is 11.2. The monoisotopic (exact) mass is 567 g/mol. The quantitative estimate of drug-likeness (QED) is 0.317. The Morgan fingerprint density at radius 2 is 2.00 bits per heavy atom. The first kappa shape index (κ1) is 27.6. The molecule has 1 fully saturated rings. The molecule has 0 spiro atoms. The number of hydrogen-bond donors (Lipinski definition) is 0. The lowest BCUT2D eigenvalue weighted by Crippen LogP contribution is -2.54. The third-order valence-corrected chi connectivity index (χ3v) is 8.29. The Morgan fingerprint density at radius 1 is 1.21 bits per heavy atom. The van der Waals surface area contributed by atoms with Crippen molar-refractivity contribution in [1.29, 1.82) is 0 Å². The molecule has 0 radical (unpaired) electrons. The number of rotatable bonds is 4. The molecule has 1 amide bonds. The maximum atomic E-state index is 17.3. The average Bonchev–Trinajstić information content (AvgIpc) is 3.16. The minimum atomic E-state index is -0.589. The number of fused-ring (bicyclic) bond motifs is 4. The SMILES string of the molecule is C=CC(=O)N1CCN(c2nc(=O)n(-c3c(C)ccnc3C(C)C)c3c(F)c4c(cc23)OCCc2ccccc2-4)[C@@H](C)C1. The number of aromatic nitrogens is 3. The molecule has 2 aliphatic rings. The molecule has 2 aromatic heterocycles. The van der Waals surface area contributed by atoms with Gasteiger partial charge in [0.1, 0.15) is 11.6 Å². The van der Waals surface area contributed by atoms with Crippen molar-refractivity contribution in [3.63, 3.8) is 0 Å². The Morgan fingerprint density at radius 3 is 2.74 bits per heavy atom. The van der Waals surface area contributed by atoms with Gasteiger partial charge in [-0.2, -0.15) is 4.98 Å². The molecule has 4 heterocycles. The third kappa shape index (κ3) is 4.44. The molecule has 4 aromatic rings. The maximum absolute atomic E-state index is 17.3. The number of ether oxygens (including phenoxy) is 1. The summed E-state index contributed by atoms with van der Waals surface area (Å²) in [5.74, 6) is 0.0818. The van der Waals surface area contributed by atoms with E-state index in [0.29, 0.717) is 66.6 Å². The lowest BCUT2D eigenvalue weighted by Gasteiger charge is -2.40. The average molecular weight is 568 g/mol. The number of pyridine rings is 1. The van der Waals surface area contributed by atoms with Crippen LogP contribution in [0.1, 0.15) is 43.5 Å². The minimum absolute atomic E-state index is 0.0232. The van der Waals surface area contributed by atoms with Gasteiger partial charge in [0.05, 0.1) is 29.1 Å². The fraction of sp³-hybridized carbons (Fsp3) is 0.333. The first-order valence-corrected chi connectivity index (χ1v) is 14.4. The van der Waals surface area contributed by atoms with Crippen LogP contribution in [-0.4, -0.2) is 57.6 Å². The molecule has 2 aromatic carbocycles. The molecule has 0 saturated carbocycles. The van der Waals surface area contributed by atoms with Crippen molar-refractivity contribution in [1.82, 2.24) is 19.4 Å². The number of halogens is 1. The van der Waals surface area contributed by atoms with E-state index in [1.807, 2.05) is 69.0 Å². The van der Waals surface area contributed by atoms with Crippen molar-refractivity contribution in [2.75, 3.05) is 31.1 Å². The molecule has 9 heteroatoms. The third-order valence-electron chi connectivity index (χ3n) is 8.29. The Bertz CT molecular complexity index is 1800. The molecule has 0 N–H and O–H groups in total. The second kappa shape index (κ2) is 10.7. The fourth-order valence-corrected chi connectivity index (χ4v) is 6.23. The molecule has 8 nitrogen and oxygen atoms in total. The van der Waals surface area contributed by atoms with Gasteiger partial charge in [-0.1, -0.05) is 44.7 Å². The number of amides is 1. The van der Waals surface area contributed by atoms with E-state index < -0.39 is 11.5 Å². The number of nitrogens with zero attached hydrogens (tertiary/aromatic N) is 5. The molecule has 1 atom stereocenters. The van der Waals surface area contributed by atoms with E-state index in [-0.39, 0.29) is 23.4 Å². The Labute approximate surface area is 244 Å². The lowest BCUT2D eigenvalue weighted by molar-refractivity contribution is -0.126. The summed E-state index contributed by atoms with van der Waals surface area (Å²) in [4.78, 5) is 39.3. The van der Waals surface area contributed by atoms with E-state index in [0.717, 1.165) is 16.7 Å². The van der Waals surface area contributed by atoms with E-state index in [1.54, 1.807) is 11.1 Å². The zero-order chi connectivity index (χ0) is 29.7. The fourth-order valence-electron chi connectivity index (χ4n) is 6.23. The molecule has 0 bridgehead atoms. The first-order chi connectivity index (χ1) is 20.2. The zero-order valence-electron chi connectivity index (χ0n) is 24.4. The molecular formula is C33H34FN5O3. The van der Waals surface area contributed by atoms with Crippen LogP contribution in [-0.2, 0) is 11.2 Å². The van der Waals surface area contributed by atoms with Crippen molar-refractivity contribution in [3.8, 4) is 22.6 Å². The van der Waals surface area contributed by atoms with Crippen molar-refractivity contribution in [2.45, 2.75) is 46.1 Å². The van der Waals surface area contributed by atoms with Crippen LogP contribution in [0.5, 0.6) is 5.75 Å².